The minimum absolute atomic E-state index is 0.0990. The summed E-state index contributed by atoms with van der Waals surface area (Å²) >= 11 is 0. The van der Waals surface area contributed by atoms with E-state index in [2.05, 4.69) is 167 Å². The van der Waals surface area contributed by atoms with Gasteiger partial charge in [-0.05, 0) is 135 Å². The first kappa shape index (κ1) is 72.3. The molecule has 0 aliphatic rings. The van der Waals surface area contributed by atoms with Gasteiger partial charge in [0, 0.05) is 19.3 Å². The third kappa shape index (κ3) is 62.0. The van der Waals surface area contributed by atoms with E-state index in [1.165, 1.54) is 70.6 Å². The molecule has 0 N–H and O–H groups in total. The van der Waals surface area contributed by atoms with Crippen molar-refractivity contribution in [1.82, 2.24) is 0 Å². The van der Waals surface area contributed by atoms with E-state index in [1.54, 1.807) is 0 Å². The number of hydrogen-bond donors (Lipinski definition) is 0. The standard InChI is InChI=1S/C71H114O6/c1-4-7-10-13-16-19-22-25-27-29-31-33-34-35-36-38-39-41-43-46-49-52-55-58-61-64-70(73)76-67-68(66-75-69(72)63-60-57-54-51-48-45-24-21-18-15-12-9-6-3)77-71(74)65-62-59-56-53-50-47-44-42-40-37-32-30-28-26-23-20-17-14-11-8-5-2/h7-12,16-21,25-28,31-33,35-37,45,48,68H,4-6,13-15,22-24,29-30,34,38-44,46-47,49-67H2,1-3H3/b10-7-,11-8-,12-9-,19-16-,20-17-,21-18-,27-25-,28-26-,33-31-,36-35-,37-32-,48-45-. The van der Waals surface area contributed by atoms with E-state index in [0.29, 0.717) is 19.3 Å². The Kier molecular flexibility index (Phi) is 59.9. The highest BCUT2D eigenvalue weighted by Gasteiger charge is 2.19. The monoisotopic (exact) mass is 1060 g/mol. The summed E-state index contributed by atoms with van der Waals surface area (Å²) in [6.45, 7) is 6.26. The maximum atomic E-state index is 12.9. The number of carbonyl (C=O) groups is 3. The second-order valence-electron chi connectivity index (χ2n) is 20.2. The van der Waals surface area contributed by atoms with E-state index < -0.39 is 6.10 Å². The summed E-state index contributed by atoms with van der Waals surface area (Å²) in [6.07, 6.45) is 91.3. The number of unbranched alkanes of at least 4 members (excludes halogenated alkanes) is 20. The van der Waals surface area contributed by atoms with Crippen molar-refractivity contribution in [3.8, 4) is 0 Å². The Bertz CT molecular complexity index is 1700. The molecule has 0 aromatic carbocycles. The van der Waals surface area contributed by atoms with Crippen LogP contribution in [0.4, 0.5) is 0 Å². The number of rotatable bonds is 55. The zero-order valence-corrected chi connectivity index (χ0v) is 49.7. The summed E-state index contributed by atoms with van der Waals surface area (Å²) in [5, 5.41) is 0. The van der Waals surface area contributed by atoms with E-state index in [0.717, 1.165) is 154 Å². The molecule has 0 rings (SSSR count). The van der Waals surface area contributed by atoms with E-state index in [9.17, 15) is 14.4 Å². The average molecular weight is 1060 g/mol. The molecule has 77 heavy (non-hydrogen) atoms. The van der Waals surface area contributed by atoms with Gasteiger partial charge in [0.1, 0.15) is 13.2 Å². The van der Waals surface area contributed by atoms with Gasteiger partial charge in [-0.25, -0.2) is 0 Å². The molecule has 0 saturated heterocycles. The highest BCUT2D eigenvalue weighted by Crippen LogP contribution is 2.15. The largest absolute Gasteiger partial charge is 0.462 e. The van der Waals surface area contributed by atoms with Crippen LogP contribution in [0, 0.1) is 0 Å². The first-order valence-electron chi connectivity index (χ1n) is 31.3. The van der Waals surface area contributed by atoms with Crippen molar-refractivity contribution in [3.05, 3.63) is 146 Å². The van der Waals surface area contributed by atoms with E-state index >= 15 is 0 Å². The van der Waals surface area contributed by atoms with Gasteiger partial charge in [0.25, 0.3) is 0 Å². The topological polar surface area (TPSA) is 78.9 Å². The quantitative estimate of drug-likeness (QED) is 0.0261. The third-order valence-corrected chi connectivity index (χ3v) is 12.8. The maximum absolute atomic E-state index is 12.9. The fraction of sp³-hybridized carbons (Fsp3) is 0.620. The van der Waals surface area contributed by atoms with Crippen LogP contribution >= 0.6 is 0 Å². The maximum Gasteiger partial charge on any atom is 0.306 e. The molecule has 0 spiro atoms. The molecule has 0 saturated carbocycles. The lowest BCUT2D eigenvalue weighted by Crippen LogP contribution is -2.30. The zero-order valence-electron chi connectivity index (χ0n) is 49.7. The molecule has 0 aromatic heterocycles. The number of carbonyl (C=O) groups excluding carboxylic acids is 3. The van der Waals surface area contributed by atoms with Gasteiger partial charge in [0.2, 0.25) is 0 Å². The van der Waals surface area contributed by atoms with Gasteiger partial charge >= 0.3 is 17.9 Å². The summed E-state index contributed by atoms with van der Waals surface area (Å²) in [5.41, 5.74) is 0. The van der Waals surface area contributed by atoms with Crippen molar-refractivity contribution >= 4 is 17.9 Å². The van der Waals surface area contributed by atoms with Crippen LogP contribution in [0.25, 0.3) is 0 Å². The lowest BCUT2D eigenvalue weighted by Gasteiger charge is -2.18. The summed E-state index contributed by atoms with van der Waals surface area (Å²) in [4.78, 5) is 38.3. The molecular formula is C71H114O6. The fourth-order valence-electron chi connectivity index (χ4n) is 8.24. The molecule has 0 aliphatic heterocycles. The Hall–Kier alpha value is -4.71. The summed E-state index contributed by atoms with van der Waals surface area (Å²) in [5.74, 6) is -0.944. The van der Waals surface area contributed by atoms with Crippen molar-refractivity contribution in [1.29, 1.82) is 0 Å². The highest BCUT2D eigenvalue weighted by molar-refractivity contribution is 5.71. The normalized spacial score (nSPS) is 13.1. The van der Waals surface area contributed by atoms with Crippen molar-refractivity contribution in [3.63, 3.8) is 0 Å². The van der Waals surface area contributed by atoms with Crippen LogP contribution in [0.1, 0.15) is 265 Å². The van der Waals surface area contributed by atoms with Crippen LogP contribution < -0.4 is 0 Å². The average Bonchev–Trinajstić information content (AvgIpc) is 3.43. The number of allylic oxidation sites excluding steroid dienone is 24. The number of esters is 3. The van der Waals surface area contributed by atoms with E-state index in [4.69, 9.17) is 14.2 Å². The molecule has 1 atom stereocenters. The van der Waals surface area contributed by atoms with E-state index in [1.807, 2.05) is 0 Å². The lowest BCUT2D eigenvalue weighted by molar-refractivity contribution is -0.167. The van der Waals surface area contributed by atoms with Crippen molar-refractivity contribution in [2.24, 2.45) is 0 Å². The Morgan fingerprint density at radius 2 is 0.468 bits per heavy atom. The van der Waals surface area contributed by atoms with Crippen LogP contribution in [0.5, 0.6) is 0 Å². The van der Waals surface area contributed by atoms with Crippen molar-refractivity contribution < 1.29 is 28.6 Å². The molecule has 0 bridgehead atoms. The van der Waals surface area contributed by atoms with Crippen LogP contribution in [0.2, 0.25) is 0 Å². The molecule has 1 unspecified atom stereocenters. The second-order valence-corrected chi connectivity index (χ2v) is 20.2. The number of ether oxygens (including phenoxy) is 3. The smallest absolute Gasteiger partial charge is 0.306 e. The summed E-state index contributed by atoms with van der Waals surface area (Å²) in [7, 11) is 0. The molecule has 0 heterocycles. The Morgan fingerprint density at radius 3 is 0.740 bits per heavy atom. The van der Waals surface area contributed by atoms with Crippen LogP contribution in [0.15, 0.2) is 146 Å². The van der Waals surface area contributed by atoms with Gasteiger partial charge in [-0.2, -0.15) is 0 Å². The van der Waals surface area contributed by atoms with Crippen LogP contribution in [-0.2, 0) is 28.6 Å². The number of hydrogen-bond acceptors (Lipinski definition) is 6. The van der Waals surface area contributed by atoms with Gasteiger partial charge < -0.3 is 14.2 Å². The minimum Gasteiger partial charge on any atom is -0.462 e. The van der Waals surface area contributed by atoms with Crippen LogP contribution in [-0.4, -0.2) is 37.2 Å². The minimum atomic E-state index is -0.805. The Morgan fingerprint density at radius 1 is 0.260 bits per heavy atom. The van der Waals surface area contributed by atoms with Gasteiger partial charge in [0.15, 0.2) is 6.10 Å². The van der Waals surface area contributed by atoms with Crippen molar-refractivity contribution in [2.75, 3.05) is 13.2 Å². The first-order valence-corrected chi connectivity index (χ1v) is 31.3. The van der Waals surface area contributed by atoms with Gasteiger partial charge in [-0.1, -0.05) is 256 Å². The first-order chi connectivity index (χ1) is 38.0. The van der Waals surface area contributed by atoms with Crippen molar-refractivity contribution in [2.45, 2.75) is 271 Å². The molecule has 6 heteroatoms. The van der Waals surface area contributed by atoms with Gasteiger partial charge in [-0.15, -0.1) is 0 Å². The third-order valence-electron chi connectivity index (χ3n) is 12.8. The molecule has 0 amide bonds. The molecule has 0 radical (unpaired) electrons. The predicted molar refractivity (Wildman–Crippen MR) is 334 cm³/mol. The molecule has 0 aromatic rings. The molecule has 434 valence electrons. The molecule has 6 nitrogen and oxygen atoms in total. The highest BCUT2D eigenvalue weighted by atomic mass is 16.6. The summed E-state index contributed by atoms with van der Waals surface area (Å²) in [6, 6.07) is 0. The van der Waals surface area contributed by atoms with Gasteiger partial charge in [0.05, 0.1) is 0 Å². The summed E-state index contributed by atoms with van der Waals surface area (Å²) < 4.78 is 16.9. The second kappa shape index (κ2) is 63.8. The Labute approximate surface area is 474 Å². The van der Waals surface area contributed by atoms with Crippen LogP contribution in [0.3, 0.4) is 0 Å². The molecule has 0 fully saturated rings. The van der Waals surface area contributed by atoms with E-state index in [-0.39, 0.29) is 31.1 Å². The predicted octanol–water partition coefficient (Wildman–Crippen LogP) is 21.5. The Balaban J connectivity index is 4.40. The van der Waals surface area contributed by atoms with Gasteiger partial charge in [-0.3, -0.25) is 14.4 Å². The molecular weight excluding hydrogens is 949 g/mol. The fourth-order valence-corrected chi connectivity index (χ4v) is 8.24. The molecule has 0 aliphatic carbocycles. The lowest BCUT2D eigenvalue weighted by atomic mass is 10.1. The zero-order chi connectivity index (χ0) is 55.7. The SMILES string of the molecule is CC/C=C\C/C=C\C/C=C\C/C=C\C/C=C\CCCCCCCCCCCC(=O)OCC(COC(=O)CCCCC/C=C\C/C=C\C/C=C\CC)OC(=O)CCCCCCCCCC/C=C\C/C=C\C/C=C\C/C=C\CC.